The third-order valence-electron chi connectivity index (χ3n) is 3.04. The lowest BCUT2D eigenvalue weighted by atomic mass is 9.94. The maximum atomic E-state index is 12.0. The van der Waals surface area contributed by atoms with Crippen molar-refractivity contribution in [2.45, 2.75) is 46.2 Å². The Balaban J connectivity index is 2.80. The Labute approximate surface area is 97.4 Å². The van der Waals surface area contributed by atoms with Gasteiger partial charge in [-0.25, -0.2) is 0 Å². The van der Waals surface area contributed by atoms with Gasteiger partial charge in [0.1, 0.15) is 12.1 Å². The molecule has 0 aromatic carbocycles. The highest BCUT2D eigenvalue weighted by Crippen LogP contribution is 2.18. The van der Waals surface area contributed by atoms with Gasteiger partial charge in [0.15, 0.2) is 0 Å². The Morgan fingerprint density at radius 1 is 1.25 bits per heavy atom. The van der Waals surface area contributed by atoms with Crippen LogP contribution in [0.1, 0.15) is 34.1 Å². The van der Waals surface area contributed by atoms with E-state index in [1.807, 2.05) is 13.8 Å². The summed E-state index contributed by atoms with van der Waals surface area (Å²) in [6, 6.07) is -0.664. The molecule has 0 radical (unpaired) electrons. The maximum Gasteiger partial charge on any atom is 0.245 e. The van der Waals surface area contributed by atoms with Gasteiger partial charge in [0.25, 0.3) is 0 Å². The van der Waals surface area contributed by atoms with E-state index in [0.29, 0.717) is 5.92 Å². The molecule has 0 aliphatic carbocycles. The van der Waals surface area contributed by atoms with Gasteiger partial charge in [-0.05, 0) is 18.3 Å². The van der Waals surface area contributed by atoms with E-state index < -0.39 is 0 Å². The molecule has 1 rings (SSSR count). The van der Waals surface area contributed by atoms with E-state index in [2.05, 4.69) is 19.2 Å². The Morgan fingerprint density at radius 2 is 1.81 bits per heavy atom. The Kier molecular flexibility index (Phi) is 3.94. The number of rotatable bonds is 3. The predicted octanol–water partition coefficient (Wildman–Crippen LogP) is 1.01. The lowest BCUT2D eigenvalue weighted by molar-refractivity contribution is -0.149. The molecule has 1 heterocycles. The van der Waals surface area contributed by atoms with Crippen LogP contribution >= 0.6 is 0 Å². The van der Waals surface area contributed by atoms with Crippen molar-refractivity contribution in [1.29, 1.82) is 0 Å². The van der Waals surface area contributed by atoms with E-state index in [1.54, 1.807) is 11.9 Å². The minimum atomic E-state index is -0.360. The number of hydrogen-bond acceptors (Lipinski definition) is 2. The molecule has 16 heavy (non-hydrogen) atoms. The van der Waals surface area contributed by atoms with E-state index >= 15 is 0 Å². The molecule has 0 spiro atoms. The van der Waals surface area contributed by atoms with Crippen molar-refractivity contribution in [3.05, 3.63) is 0 Å². The van der Waals surface area contributed by atoms with Crippen molar-refractivity contribution < 1.29 is 9.59 Å². The molecule has 0 aromatic heterocycles. The van der Waals surface area contributed by atoms with E-state index in [4.69, 9.17) is 0 Å². The first kappa shape index (κ1) is 13.0. The standard InChI is InChI=1S/C12H22N2O2/c1-7(2)6-9-11(15)13-10(8(3)4)12(16)14(9)5/h7-10H,6H2,1-5H3,(H,13,15). The van der Waals surface area contributed by atoms with Crippen LogP contribution in [-0.4, -0.2) is 35.8 Å². The smallest absolute Gasteiger partial charge is 0.245 e. The summed E-state index contributed by atoms with van der Waals surface area (Å²) < 4.78 is 0. The van der Waals surface area contributed by atoms with E-state index in [9.17, 15) is 9.59 Å². The van der Waals surface area contributed by atoms with Gasteiger partial charge in [0, 0.05) is 7.05 Å². The second kappa shape index (κ2) is 4.85. The molecular formula is C12H22N2O2. The topological polar surface area (TPSA) is 49.4 Å². The minimum Gasteiger partial charge on any atom is -0.342 e. The van der Waals surface area contributed by atoms with Crippen LogP contribution in [0, 0.1) is 11.8 Å². The molecule has 1 fully saturated rings. The summed E-state index contributed by atoms with van der Waals surface area (Å²) in [5, 5.41) is 2.82. The van der Waals surface area contributed by atoms with Gasteiger partial charge in [-0.3, -0.25) is 9.59 Å². The largest absolute Gasteiger partial charge is 0.342 e. The highest BCUT2D eigenvalue weighted by Gasteiger charge is 2.39. The first-order valence-electron chi connectivity index (χ1n) is 5.91. The molecule has 92 valence electrons. The summed E-state index contributed by atoms with van der Waals surface area (Å²) in [6.07, 6.45) is 0.721. The summed E-state index contributed by atoms with van der Waals surface area (Å²) >= 11 is 0. The van der Waals surface area contributed by atoms with Crippen molar-refractivity contribution >= 4 is 11.8 Å². The molecule has 0 bridgehead atoms. The van der Waals surface area contributed by atoms with Gasteiger partial charge < -0.3 is 10.2 Å². The highest BCUT2D eigenvalue weighted by molar-refractivity contribution is 5.96. The fourth-order valence-electron chi connectivity index (χ4n) is 2.02. The van der Waals surface area contributed by atoms with E-state index in [-0.39, 0.29) is 29.8 Å². The Bertz CT molecular complexity index is 287. The second-order valence-corrected chi connectivity index (χ2v) is 5.32. The fourth-order valence-corrected chi connectivity index (χ4v) is 2.02. The van der Waals surface area contributed by atoms with Crippen molar-refractivity contribution in [3.8, 4) is 0 Å². The van der Waals surface area contributed by atoms with Gasteiger partial charge in [0.2, 0.25) is 11.8 Å². The first-order chi connectivity index (χ1) is 7.34. The zero-order valence-electron chi connectivity index (χ0n) is 10.8. The van der Waals surface area contributed by atoms with Crippen LogP contribution in [0.4, 0.5) is 0 Å². The van der Waals surface area contributed by atoms with Crippen molar-refractivity contribution in [1.82, 2.24) is 10.2 Å². The molecule has 2 atom stereocenters. The monoisotopic (exact) mass is 226 g/mol. The van der Waals surface area contributed by atoms with Crippen LogP contribution in [0.15, 0.2) is 0 Å². The van der Waals surface area contributed by atoms with Crippen molar-refractivity contribution in [3.63, 3.8) is 0 Å². The number of carbonyl (C=O) groups is 2. The van der Waals surface area contributed by atoms with Gasteiger partial charge in [-0.1, -0.05) is 27.7 Å². The summed E-state index contributed by atoms with van der Waals surface area (Å²) in [6.45, 7) is 8.00. The molecule has 4 nitrogen and oxygen atoms in total. The van der Waals surface area contributed by atoms with Crippen LogP contribution in [-0.2, 0) is 9.59 Å². The predicted molar refractivity (Wildman–Crippen MR) is 62.8 cm³/mol. The number of nitrogens with zero attached hydrogens (tertiary/aromatic N) is 1. The Hall–Kier alpha value is -1.06. The zero-order valence-corrected chi connectivity index (χ0v) is 10.8. The summed E-state index contributed by atoms with van der Waals surface area (Å²) in [5.41, 5.74) is 0. The number of likely N-dealkylation sites (N-methyl/N-ethyl adjacent to an activating group) is 1. The molecule has 0 aromatic rings. The summed E-state index contributed by atoms with van der Waals surface area (Å²) in [4.78, 5) is 25.5. The highest BCUT2D eigenvalue weighted by atomic mass is 16.2. The first-order valence-corrected chi connectivity index (χ1v) is 5.91. The van der Waals surface area contributed by atoms with Crippen LogP contribution < -0.4 is 5.32 Å². The minimum absolute atomic E-state index is 0.0190. The fraction of sp³-hybridized carbons (Fsp3) is 0.833. The van der Waals surface area contributed by atoms with Crippen molar-refractivity contribution in [2.75, 3.05) is 7.05 Å². The van der Waals surface area contributed by atoms with E-state index in [0.717, 1.165) is 6.42 Å². The third kappa shape index (κ3) is 2.54. The van der Waals surface area contributed by atoms with Crippen LogP contribution in [0.2, 0.25) is 0 Å². The number of carbonyl (C=O) groups excluding carboxylic acids is 2. The lowest BCUT2D eigenvalue weighted by Crippen LogP contribution is -2.63. The van der Waals surface area contributed by atoms with Gasteiger partial charge in [-0.2, -0.15) is 0 Å². The number of piperazine rings is 1. The molecule has 1 aliphatic heterocycles. The van der Waals surface area contributed by atoms with E-state index in [1.165, 1.54) is 0 Å². The molecule has 2 amide bonds. The van der Waals surface area contributed by atoms with Crippen LogP contribution in [0.5, 0.6) is 0 Å². The molecular weight excluding hydrogens is 204 g/mol. The summed E-state index contributed by atoms with van der Waals surface area (Å²) in [7, 11) is 1.73. The molecule has 4 heteroatoms. The van der Waals surface area contributed by atoms with Gasteiger partial charge in [-0.15, -0.1) is 0 Å². The number of nitrogens with one attached hydrogen (secondary N) is 1. The molecule has 1 N–H and O–H groups in total. The molecule has 0 saturated carbocycles. The normalized spacial score (nSPS) is 26.6. The average molecular weight is 226 g/mol. The molecule has 2 unspecified atom stereocenters. The number of amides is 2. The molecule has 1 aliphatic rings. The zero-order chi connectivity index (χ0) is 12.5. The number of hydrogen-bond donors (Lipinski definition) is 1. The maximum absolute atomic E-state index is 12.0. The molecule has 1 saturated heterocycles. The quantitative estimate of drug-likeness (QED) is 0.781. The van der Waals surface area contributed by atoms with Gasteiger partial charge in [0.05, 0.1) is 0 Å². The second-order valence-electron chi connectivity index (χ2n) is 5.32. The van der Waals surface area contributed by atoms with Crippen molar-refractivity contribution in [2.24, 2.45) is 11.8 Å². The lowest BCUT2D eigenvalue weighted by Gasteiger charge is -2.38. The Morgan fingerprint density at radius 3 is 2.25 bits per heavy atom. The van der Waals surface area contributed by atoms with Crippen LogP contribution in [0.25, 0.3) is 0 Å². The third-order valence-corrected chi connectivity index (χ3v) is 3.04. The van der Waals surface area contributed by atoms with Crippen LogP contribution in [0.3, 0.4) is 0 Å². The average Bonchev–Trinajstić information content (AvgIpc) is 2.17. The SMILES string of the molecule is CC(C)CC1C(=O)NC(C(C)C)C(=O)N1C. The van der Waals surface area contributed by atoms with Gasteiger partial charge >= 0.3 is 0 Å². The summed E-state index contributed by atoms with van der Waals surface area (Å²) in [5.74, 6) is 0.551.